The van der Waals surface area contributed by atoms with Crippen molar-refractivity contribution in [3.05, 3.63) is 36.1 Å². The van der Waals surface area contributed by atoms with Gasteiger partial charge in [-0.2, -0.15) is 0 Å². The van der Waals surface area contributed by atoms with Crippen LogP contribution in [0.3, 0.4) is 0 Å². The van der Waals surface area contributed by atoms with Gasteiger partial charge in [-0.15, -0.1) is 0 Å². The molecule has 3 rings (SSSR count). The van der Waals surface area contributed by atoms with E-state index in [2.05, 4.69) is 0 Å². The number of ether oxygens (including phenoxy) is 1. The third-order valence-electron chi connectivity index (χ3n) is 3.28. The number of carbonyl (C=O) groups excluding carboxylic acids is 1. The van der Waals surface area contributed by atoms with E-state index in [1.807, 2.05) is 37.3 Å². The van der Waals surface area contributed by atoms with Gasteiger partial charge in [-0.05, 0) is 19.1 Å². The van der Waals surface area contributed by atoms with Gasteiger partial charge in [-0.3, -0.25) is 4.79 Å². The van der Waals surface area contributed by atoms with Crippen molar-refractivity contribution in [1.29, 1.82) is 0 Å². The van der Waals surface area contributed by atoms with Gasteiger partial charge in [0, 0.05) is 18.2 Å². The minimum absolute atomic E-state index is 0.235. The van der Waals surface area contributed by atoms with Crippen molar-refractivity contribution in [1.82, 2.24) is 0 Å². The molecule has 2 aromatic rings. The second-order valence-electron chi connectivity index (χ2n) is 4.69. The highest BCUT2D eigenvalue weighted by Crippen LogP contribution is 2.36. The van der Waals surface area contributed by atoms with E-state index in [0.29, 0.717) is 19.4 Å². The molecule has 0 spiro atoms. The Labute approximate surface area is 99.4 Å². The lowest BCUT2D eigenvalue weighted by Crippen LogP contribution is -2.34. The summed E-state index contributed by atoms with van der Waals surface area (Å²) >= 11 is 0. The third kappa shape index (κ3) is 1.76. The number of carbonyl (C=O) groups is 1. The summed E-state index contributed by atoms with van der Waals surface area (Å²) in [6.07, 6.45) is 0.905. The fraction of sp³-hybridized carbons (Fsp3) is 0.357. The molecule has 1 aromatic carbocycles. The molecule has 0 N–H and O–H groups in total. The summed E-state index contributed by atoms with van der Waals surface area (Å²) in [6.45, 7) is 2.40. The van der Waals surface area contributed by atoms with Crippen molar-refractivity contribution in [3.63, 3.8) is 0 Å². The molecule has 1 fully saturated rings. The van der Waals surface area contributed by atoms with Crippen molar-refractivity contribution in [2.24, 2.45) is 0 Å². The largest absolute Gasteiger partial charge is 0.458 e. The monoisotopic (exact) mass is 230 g/mol. The molecule has 0 aliphatic carbocycles. The summed E-state index contributed by atoms with van der Waals surface area (Å²) in [6, 6.07) is 9.79. The van der Waals surface area contributed by atoms with Gasteiger partial charge in [0.2, 0.25) is 0 Å². The van der Waals surface area contributed by atoms with Crippen molar-refractivity contribution in [2.45, 2.75) is 25.4 Å². The van der Waals surface area contributed by atoms with E-state index in [1.54, 1.807) is 0 Å². The molecule has 88 valence electrons. The Morgan fingerprint density at radius 1 is 1.29 bits per heavy atom. The molecule has 0 bridgehead atoms. The van der Waals surface area contributed by atoms with Crippen LogP contribution in [0.15, 0.2) is 34.7 Å². The van der Waals surface area contributed by atoms with Crippen LogP contribution in [0.2, 0.25) is 0 Å². The SMILES string of the molecule is CC1(c2cc3ccccc3o2)CC(=O)CCO1. The van der Waals surface area contributed by atoms with Crippen LogP contribution in [0.4, 0.5) is 0 Å². The maximum Gasteiger partial charge on any atom is 0.138 e. The van der Waals surface area contributed by atoms with Crippen LogP contribution >= 0.6 is 0 Å². The lowest BCUT2D eigenvalue weighted by molar-refractivity contribution is -0.141. The third-order valence-corrected chi connectivity index (χ3v) is 3.28. The van der Waals surface area contributed by atoms with E-state index < -0.39 is 5.60 Å². The molecule has 17 heavy (non-hydrogen) atoms. The lowest BCUT2D eigenvalue weighted by Gasteiger charge is -2.30. The average Bonchev–Trinajstić information content (AvgIpc) is 2.73. The van der Waals surface area contributed by atoms with Gasteiger partial charge in [0.05, 0.1) is 6.61 Å². The number of benzene rings is 1. The zero-order chi connectivity index (χ0) is 11.9. The minimum atomic E-state index is -0.603. The number of fused-ring (bicyclic) bond motifs is 1. The zero-order valence-electron chi connectivity index (χ0n) is 9.73. The van der Waals surface area contributed by atoms with Gasteiger partial charge in [0.15, 0.2) is 0 Å². The number of hydrogen-bond acceptors (Lipinski definition) is 3. The molecular weight excluding hydrogens is 216 g/mol. The standard InChI is InChI=1S/C14H14O3/c1-14(9-11(15)6-7-16-14)13-8-10-4-2-3-5-12(10)17-13/h2-5,8H,6-7,9H2,1H3. The number of para-hydroxylation sites is 1. The van der Waals surface area contributed by atoms with Gasteiger partial charge in [-0.1, -0.05) is 18.2 Å². The first-order valence-corrected chi connectivity index (χ1v) is 5.82. The first-order chi connectivity index (χ1) is 8.17. The molecular formula is C14H14O3. The van der Waals surface area contributed by atoms with Crippen molar-refractivity contribution in [2.75, 3.05) is 6.61 Å². The molecule has 3 heteroatoms. The molecule has 1 aliphatic heterocycles. The fourth-order valence-corrected chi connectivity index (χ4v) is 2.31. The molecule has 0 amide bonds. The molecule has 1 atom stereocenters. The minimum Gasteiger partial charge on any atom is -0.458 e. The van der Waals surface area contributed by atoms with Crippen LogP contribution in [0.1, 0.15) is 25.5 Å². The maximum atomic E-state index is 11.5. The van der Waals surface area contributed by atoms with Crippen molar-refractivity contribution in [3.8, 4) is 0 Å². The second-order valence-corrected chi connectivity index (χ2v) is 4.69. The Bertz CT molecular complexity index is 537. The Morgan fingerprint density at radius 2 is 2.12 bits per heavy atom. The van der Waals surface area contributed by atoms with Gasteiger partial charge >= 0.3 is 0 Å². The maximum absolute atomic E-state index is 11.5. The van der Waals surface area contributed by atoms with Crippen LogP contribution in [-0.2, 0) is 15.1 Å². The summed E-state index contributed by atoms with van der Waals surface area (Å²) in [5, 5.41) is 1.05. The first-order valence-electron chi connectivity index (χ1n) is 5.82. The summed E-state index contributed by atoms with van der Waals surface area (Å²) in [5.74, 6) is 0.978. The molecule has 2 heterocycles. The van der Waals surface area contributed by atoms with Crippen molar-refractivity contribution < 1.29 is 13.9 Å². The Kier molecular flexibility index (Phi) is 2.30. The Balaban J connectivity index is 2.04. The highest BCUT2D eigenvalue weighted by atomic mass is 16.5. The first kappa shape index (κ1) is 10.5. The fourth-order valence-electron chi connectivity index (χ4n) is 2.31. The lowest BCUT2D eigenvalue weighted by atomic mass is 9.92. The summed E-state index contributed by atoms with van der Waals surface area (Å²) in [5.41, 5.74) is 0.235. The van der Waals surface area contributed by atoms with Gasteiger partial charge < -0.3 is 9.15 Å². The topological polar surface area (TPSA) is 39.4 Å². The number of rotatable bonds is 1. The summed E-state index contributed by atoms with van der Waals surface area (Å²) < 4.78 is 11.5. The van der Waals surface area contributed by atoms with Crippen LogP contribution in [0.25, 0.3) is 11.0 Å². The second kappa shape index (κ2) is 3.70. The van der Waals surface area contributed by atoms with E-state index in [1.165, 1.54) is 0 Å². The average molecular weight is 230 g/mol. The molecule has 0 radical (unpaired) electrons. The molecule has 1 aliphatic rings. The normalized spacial score (nSPS) is 25.4. The smallest absolute Gasteiger partial charge is 0.138 e. The summed E-state index contributed by atoms with van der Waals surface area (Å²) in [4.78, 5) is 11.5. The molecule has 0 saturated carbocycles. The highest BCUT2D eigenvalue weighted by molar-refractivity contribution is 5.81. The van der Waals surface area contributed by atoms with Crippen LogP contribution in [0, 0.1) is 0 Å². The van der Waals surface area contributed by atoms with Crippen LogP contribution in [-0.4, -0.2) is 12.4 Å². The van der Waals surface area contributed by atoms with E-state index >= 15 is 0 Å². The zero-order valence-corrected chi connectivity index (χ0v) is 9.73. The molecule has 1 aromatic heterocycles. The Hall–Kier alpha value is -1.61. The van der Waals surface area contributed by atoms with Gasteiger partial charge in [-0.25, -0.2) is 0 Å². The summed E-state index contributed by atoms with van der Waals surface area (Å²) in [7, 11) is 0. The number of ketones is 1. The molecule has 1 saturated heterocycles. The van der Waals surface area contributed by atoms with E-state index in [9.17, 15) is 4.79 Å². The predicted octanol–water partition coefficient (Wildman–Crippen LogP) is 3.03. The molecule has 1 unspecified atom stereocenters. The number of Topliss-reactive ketones (excluding diaryl/α,β-unsaturated/α-hetero) is 1. The van der Waals surface area contributed by atoms with Gasteiger partial charge in [0.1, 0.15) is 22.7 Å². The van der Waals surface area contributed by atoms with E-state index in [0.717, 1.165) is 16.7 Å². The predicted molar refractivity (Wildman–Crippen MR) is 63.8 cm³/mol. The van der Waals surface area contributed by atoms with Crippen LogP contribution in [0.5, 0.6) is 0 Å². The molecule has 3 nitrogen and oxygen atoms in total. The van der Waals surface area contributed by atoms with Crippen molar-refractivity contribution >= 4 is 16.8 Å². The van der Waals surface area contributed by atoms with Crippen LogP contribution < -0.4 is 0 Å². The Morgan fingerprint density at radius 3 is 2.88 bits per heavy atom. The number of hydrogen-bond donors (Lipinski definition) is 0. The van der Waals surface area contributed by atoms with E-state index in [-0.39, 0.29) is 5.78 Å². The quantitative estimate of drug-likeness (QED) is 0.756. The van der Waals surface area contributed by atoms with E-state index in [4.69, 9.17) is 9.15 Å². The van der Waals surface area contributed by atoms with Gasteiger partial charge in [0.25, 0.3) is 0 Å². The highest BCUT2D eigenvalue weighted by Gasteiger charge is 2.37. The number of furan rings is 1.